The molecule has 1 saturated heterocycles. The first-order valence-corrected chi connectivity index (χ1v) is 15.4. The number of amides is 3. The highest BCUT2D eigenvalue weighted by Crippen LogP contribution is 2.45. The number of tetrazole rings is 1. The number of fused-ring (bicyclic) bond motifs is 2. The molecule has 45 heavy (non-hydrogen) atoms. The van der Waals surface area contributed by atoms with Crippen LogP contribution in [0, 0.1) is 5.92 Å². The number of hydrogen-bond acceptors (Lipinski definition) is 9. The van der Waals surface area contributed by atoms with Crippen LogP contribution in [-0.4, -0.2) is 91.0 Å². The van der Waals surface area contributed by atoms with Crippen molar-refractivity contribution >= 4 is 23.9 Å². The average molecular weight is 624 g/mol. The molecule has 14 heteroatoms. The summed E-state index contributed by atoms with van der Waals surface area (Å²) >= 11 is 0. The zero-order valence-corrected chi connectivity index (χ0v) is 26.1. The summed E-state index contributed by atoms with van der Waals surface area (Å²) in [5.74, 6) is -1.45. The minimum Gasteiger partial charge on any atom is -0.497 e. The Bertz CT molecular complexity index is 1450. The van der Waals surface area contributed by atoms with Crippen molar-refractivity contribution in [2.24, 2.45) is 5.92 Å². The third kappa shape index (κ3) is 7.26. The van der Waals surface area contributed by atoms with Gasteiger partial charge in [0.2, 0.25) is 17.6 Å². The summed E-state index contributed by atoms with van der Waals surface area (Å²) in [6.07, 6.45) is 6.89. The number of ether oxygens (including phenoxy) is 2. The van der Waals surface area contributed by atoms with Gasteiger partial charge in [0.1, 0.15) is 29.0 Å². The Morgan fingerprint density at radius 3 is 2.58 bits per heavy atom. The minimum absolute atomic E-state index is 0.0607. The van der Waals surface area contributed by atoms with Crippen LogP contribution in [0.4, 0.5) is 4.79 Å². The number of rotatable bonds is 5. The van der Waals surface area contributed by atoms with Crippen molar-refractivity contribution in [2.45, 2.75) is 95.0 Å². The predicted octanol–water partition coefficient (Wildman–Crippen LogP) is 2.86. The maximum Gasteiger partial charge on any atom is 0.408 e. The summed E-state index contributed by atoms with van der Waals surface area (Å²) in [5.41, 5.74) is -1.49. The third-order valence-corrected chi connectivity index (χ3v) is 8.43. The van der Waals surface area contributed by atoms with Crippen molar-refractivity contribution in [3.63, 3.8) is 0 Å². The Balaban J connectivity index is 1.43. The van der Waals surface area contributed by atoms with Gasteiger partial charge in [0.15, 0.2) is 0 Å². The van der Waals surface area contributed by atoms with Crippen LogP contribution in [0.2, 0.25) is 0 Å². The molecule has 242 valence electrons. The number of nitrogens with zero attached hydrogens (tertiary/aromatic N) is 5. The van der Waals surface area contributed by atoms with Crippen LogP contribution < -0.4 is 15.4 Å². The molecule has 1 saturated carbocycles. The van der Waals surface area contributed by atoms with E-state index in [2.05, 4.69) is 26.0 Å². The van der Waals surface area contributed by atoms with E-state index in [0.29, 0.717) is 30.0 Å². The molecule has 0 radical (unpaired) electrons. The van der Waals surface area contributed by atoms with E-state index in [4.69, 9.17) is 9.47 Å². The molecule has 3 heterocycles. The van der Waals surface area contributed by atoms with Crippen LogP contribution in [0.5, 0.6) is 5.75 Å². The van der Waals surface area contributed by atoms with E-state index in [9.17, 15) is 24.3 Å². The fraction of sp³-hybridized carbons (Fsp3) is 0.581. The lowest BCUT2D eigenvalue weighted by atomic mass is 10.0. The van der Waals surface area contributed by atoms with Gasteiger partial charge in [-0.15, -0.1) is 10.2 Å². The highest BCUT2D eigenvalue weighted by molar-refractivity contribution is 5.96. The molecule has 0 unspecified atom stereocenters. The van der Waals surface area contributed by atoms with Gasteiger partial charge in [0.05, 0.1) is 13.2 Å². The van der Waals surface area contributed by atoms with Crippen molar-refractivity contribution in [1.29, 1.82) is 0 Å². The van der Waals surface area contributed by atoms with Crippen molar-refractivity contribution in [2.75, 3.05) is 13.7 Å². The monoisotopic (exact) mass is 623 g/mol. The third-order valence-electron chi connectivity index (χ3n) is 8.43. The van der Waals surface area contributed by atoms with Crippen LogP contribution in [0.15, 0.2) is 36.4 Å². The Morgan fingerprint density at radius 2 is 1.89 bits per heavy atom. The summed E-state index contributed by atoms with van der Waals surface area (Å²) < 4.78 is 10.7. The van der Waals surface area contributed by atoms with E-state index in [0.717, 1.165) is 19.3 Å². The Hall–Kier alpha value is -4.49. The smallest absolute Gasteiger partial charge is 0.408 e. The van der Waals surface area contributed by atoms with E-state index >= 15 is 0 Å². The Kier molecular flexibility index (Phi) is 9.12. The van der Waals surface area contributed by atoms with Gasteiger partial charge < -0.3 is 30.1 Å². The summed E-state index contributed by atoms with van der Waals surface area (Å²) in [5, 5.41) is 28.5. The van der Waals surface area contributed by atoms with E-state index < -0.39 is 53.1 Å². The Labute approximate surface area is 261 Å². The van der Waals surface area contributed by atoms with Crippen LogP contribution in [-0.2, 0) is 19.1 Å². The number of hydrogen-bond donors (Lipinski definition) is 3. The maximum absolute atomic E-state index is 14.2. The topological polar surface area (TPSA) is 178 Å². The summed E-state index contributed by atoms with van der Waals surface area (Å²) in [4.78, 5) is 55.9. The predicted molar refractivity (Wildman–Crippen MR) is 161 cm³/mol. The Morgan fingerprint density at radius 1 is 1.13 bits per heavy atom. The molecule has 5 atom stereocenters. The molecule has 5 rings (SSSR count). The number of carbonyl (C=O) groups is 4. The summed E-state index contributed by atoms with van der Waals surface area (Å²) in [6.45, 7) is 5.26. The molecule has 2 aromatic rings. The number of benzene rings is 1. The summed E-state index contributed by atoms with van der Waals surface area (Å²) in [6, 6.07) is 4.66. The number of carbonyl (C=O) groups excluding carboxylic acids is 3. The number of alkyl carbamates (subject to hydrolysis) is 1. The molecule has 1 aromatic heterocycles. The van der Waals surface area contributed by atoms with Gasteiger partial charge in [0, 0.05) is 24.4 Å². The van der Waals surface area contributed by atoms with Crippen molar-refractivity contribution < 1.29 is 33.8 Å². The second kappa shape index (κ2) is 12.9. The largest absolute Gasteiger partial charge is 0.497 e. The molecular weight excluding hydrogens is 582 g/mol. The quantitative estimate of drug-likeness (QED) is 0.420. The lowest BCUT2D eigenvalue weighted by molar-refractivity contribution is -0.145. The van der Waals surface area contributed by atoms with Crippen molar-refractivity contribution in [3.05, 3.63) is 36.4 Å². The number of aliphatic carboxylic acids is 1. The molecule has 3 amide bonds. The molecule has 3 aliphatic rings. The summed E-state index contributed by atoms with van der Waals surface area (Å²) in [7, 11) is 1.57. The van der Waals surface area contributed by atoms with Gasteiger partial charge in [-0.05, 0) is 75.9 Å². The first-order chi connectivity index (χ1) is 21.4. The zero-order valence-electron chi connectivity index (χ0n) is 26.1. The van der Waals surface area contributed by atoms with Gasteiger partial charge in [-0.1, -0.05) is 25.0 Å². The molecule has 3 N–H and O–H groups in total. The highest BCUT2D eigenvalue weighted by Gasteiger charge is 2.61. The molecule has 2 aliphatic heterocycles. The molecular formula is C31H41N7O7. The first kappa shape index (κ1) is 31.9. The maximum atomic E-state index is 14.2. The number of carboxylic acids is 1. The van der Waals surface area contributed by atoms with Gasteiger partial charge in [-0.3, -0.25) is 9.59 Å². The van der Waals surface area contributed by atoms with Crippen LogP contribution >= 0.6 is 0 Å². The average Bonchev–Trinajstić information content (AvgIpc) is 3.31. The van der Waals surface area contributed by atoms with Crippen molar-refractivity contribution in [3.8, 4) is 17.1 Å². The van der Waals surface area contributed by atoms with Crippen LogP contribution in [0.1, 0.15) is 71.8 Å². The second-order valence-corrected chi connectivity index (χ2v) is 12.9. The number of methoxy groups -OCH3 is 1. The SMILES string of the molecule is COc1ccc(-c2nnn([C@@H]3C[C@H]4C(=O)N[C@]5(C(=O)O)C[C@H]5/C=C\CCCCC[C@H](NC(=O)OC(C)(C)C)C(=O)N4C3)n2)cc1. The lowest BCUT2D eigenvalue weighted by Gasteiger charge is -2.30. The minimum atomic E-state index is -1.43. The van der Waals surface area contributed by atoms with Crippen LogP contribution in [0.25, 0.3) is 11.4 Å². The molecule has 0 spiro atoms. The molecule has 0 bridgehead atoms. The lowest BCUT2D eigenvalue weighted by Crippen LogP contribution is -2.56. The highest BCUT2D eigenvalue weighted by atomic mass is 16.6. The second-order valence-electron chi connectivity index (χ2n) is 12.9. The van der Waals surface area contributed by atoms with E-state index in [-0.39, 0.29) is 25.3 Å². The zero-order chi connectivity index (χ0) is 32.4. The molecule has 1 aliphatic carbocycles. The standard InChI is InChI=1S/C31H41N7O7/c1-30(2,3)45-29(43)32-23-11-9-7-5-6-8-10-20-17-31(20,28(41)42)33-26(39)24-16-21(18-37(24)27(23)40)38-35-25(34-36-38)19-12-14-22(44-4)15-13-19/h8,10,12-15,20-21,23-24H,5-7,9,11,16-18H2,1-4H3,(H,32,43)(H,33,39)(H,41,42)/b10-8-/t20-,21-,23+,24+,31-/m1/s1. The van der Waals surface area contributed by atoms with E-state index in [1.807, 2.05) is 12.2 Å². The number of allylic oxidation sites excluding steroid dienone is 1. The number of aromatic nitrogens is 4. The first-order valence-electron chi connectivity index (χ1n) is 15.4. The van der Waals surface area contributed by atoms with E-state index in [1.165, 1.54) is 9.70 Å². The van der Waals surface area contributed by atoms with Crippen molar-refractivity contribution in [1.82, 2.24) is 35.7 Å². The fourth-order valence-electron chi connectivity index (χ4n) is 5.93. The fourth-order valence-corrected chi connectivity index (χ4v) is 5.93. The van der Waals surface area contributed by atoms with Gasteiger partial charge in [-0.2, -0.15) is 4.80 Å². The number of nitrogens with one attached hydrogen (secondary N) is 2. The molecule has 1 aromatic carbocycles. The van der Waals surface area contributed by atoms with Gasteiger partial charge in [-0.25, -0.2) is 9.59 Å². The van der Waals surface area contributed by atoms with Crippen LogP contribution in [0.3, 0.4) is 0 Å². The molecule has 2 fully saturated rings. The number of carboxylic acid groups (broad SMARTS) is 1. The molecule has 14 nitrogen and oxygen atoms in total. The normalized spacial score (nSPS) is 28.0. The van der Waals surface area contributed by atoms with Gasteiger partial charge in [0.25, 0.3) is 0 Å². The van der Waals surface area contributed by atoms with Gasteiger partial charge >= 0.3 is 12.1 Å². The van der Waals surface area contributed by atoms with E-state index in [1.54, 1.807) is 52.1 Å².